The van der Waals surface area contributed by atoms with Gasteiger partial charge in [0.05, 0.1) is 32.0 Å². The second-order valence-electron chi connectivity index (χ2n) is 11.8. The standard InChI is InChI=1S/C35H36N2O8S2.Na/c1-3-25(18-34-36(15-8-9-17-46(38,39)40)30-20-26-10-4-6-12-28(26)22-32(30)44-34)19-35-37(16-14-24(2)47(41,42)43)31-21-27-11-5-7-13-29(27)23-33(31)45-35;/h4-7,10-13,18-24H,3,8-9,14-17H2,1-2H3,(H-,38,39,40,41,42,43);/q;+1/p-1. The summed E-state index contributed by atoms with van der Waals surface area (Å²) >= 11 is 0. The van der Waals surface area contributed by atoms with Gasteiger partial charge in [0, 0.05) is 36.1 Å². The van der Waals surface area contributed by atoms with Crippen LogP contribution in [0.2, 0.25) is 0 Å². The number of aryl methyl sites for hydroxylation is 1. The summed E-state index contributed by atoms with van der Waals surface area (Å²) < 4.78 is 83.5. The summed E-state index contributed by atoms with van der Waals surface area (Å²) in [7, 11) is -8.77. The van der Waals surface area contributed by atoms with Gasteiger partial charge in [-0.25, -0.2) is 16.8 Å². The molecule has 0 fully saturated rings. The number of hydrogen-bond acceptors (Lipinski definition) is 9. The minimum absolute atomic E-state index is 0. The normalized spacial score (nSPS) is 15.2. The van der Waals surface area contributed by atoms with Crippen molar-refractivity contribution in [2.24, 2.45) is 0 Å². The van der Waals surface area contributed by atoms with E-state index >= 15 is 0 Å². The molecule has 0 amide bonds. The van der Waals surface area contributed by atoms with Crippen LogP contribution in [0.15, 0.2) is 94.7 Å². The molecule has 13 heteroatoms. The number of aromatic nitrogens is 1. The maximum absolute atomic E-state index is 11.7. The number of allylic oxidation sites excluding steroid dienone is 2. The van der Waals surface area contributed by atoms with Gasteiger partial charge in [0.1, 0.15) is 0 Å². The average Bonchev–Trinajstić information content (AvgIpc) is 3.53. The minimum Gasteiger partial charge on any atom is -0.748 e. The molecule has 0 saturated carbocycles. The Labute approximate surface area is 302 Å². The number of fused-ring (bicyclic) bond motifs is 4. The fourth-order valence-electron chi connectivity index (χ4n) is 5.82. The van der Waals surface area contributed by atoms with E-state index in [9.17, 15) is 25.9 Å². The fourth-order valence-corrected chi connectivity index (χ4v) is 6.77. The van der Waals surface area contributed by atoms with Crippen LogP contribution in [0.3, 0.4) is 0 Å². The quantitative estimate of drug-likeness (QED) is 0.0831. The van der Waals surface area contributed by atoms with Gasteiger partial charge in [0.15, 0.2) is 12.3 Å². The van der Waals surface area contributed by atoms with Gasteiger partial charge in [0.2, 0.25) is 11.5 Å². The summed E-state index contributed by atoms with van der Waals surface area (Å²) in [5.74, 6) is 1.24. The van der Waals surface area contributed by atoms with Crippen molar-refractivity contribution in [3.05, 3.63) is 96.2 Å². The first-order valence-corrected chi connectivity index (χ1v) is 18.6. The van der Waals surface area contributed by atoms with E-state index in [0.29, 0.717) is 42.5 Å². The molecule has 0 radical (unpaired) electrons. The second-order valence-corrected chi connectivity index (χ2v) is 15.1. The number of unbranched alkanes of at least 4 members (excludes halogenated alkanes) is 1. The molecule has 246 valence electrons. The zero-order valence-electron chi connectivity index (χ0n) is 27.1. The van der Waals surface area contributed by atoms with Gasteiger partial charge in [-0.05, 0) is 71.5 Å². The molecule has 0 N–H and O–H groups in total. The molecule has 1 unspecified atom stereocenters. The molecule has 0 bridgehead atoms. The van der Waals surface area contributed by atoms with E-state index in [1.165, 1.54) is 6.92 Å². The summed E-state index contributed by atoms with van der Waals surface area (Å²) in [5, 5.41) is 2.96. The molecular weight excluding hydrogens is 664 g/mol. The van der Waals surface area contributed by atoms with Crippen molar-refractivity contribution in [3.8, 4) is 5.75 Å². The molecule has 4 aromatic carbocycles. The largest absolute Gasteiger partial charge is 1.00 e. The summed E-state index contributed by atoms with van der Waals surface area (Å²) in [6.45, 7) is 4.09. The Morgan fingerprint density at radius 2 is 1.54 bits per heavy atom. The van der Waals surface area contributed by atoms with Crippen molar-refractivity contribution in [3.63, 3.8) is 0 Å². The van der Waals surface area contributed by atoms with Gasteiger partial charge in [-0.3, -0.25) is 0 Å². The number of anilines is 1. The Hall–Kier alpha value is -3.23. The van der Waals surface area contributed by atoms with Crippen LogP contribution < -0.4 is 43.8 Å². The third kappa shape index (κ3) is 8.14. The first-order valence-electron chi connectivity index (χ1n) is 15.5. The zero-order chi connectivity index (χ0) is 33.3. The molecular formula is C35H35N2NaO8S2. The van der Waals surface area contributed by atoms with Gasteiger partial charge < -0.3 is 23.2 Å². The second kappa shape index (κ2) is 14.7. The smallest absolute Gasteiger partial charge is 0.748 e. The summed E-state index contributed by atoms with van der Waals surface area (Å²) in [6.07, 6.45) is 5.18. The van der Waals surface area contributed by atoms with Gasteiger partial charge in [-0.15, -0.1) is 0 Å². The summed E-state index contributed by atoms with van der Waals surface area (Å²) in [4.78, 5) is 1.90. The zero-order valence-corrected chi connectivity index (χ0v) is 30.7. The monoisotopic (exact) mass is 698 g/mol. The van der Waals surface area contributed by atoms with Gasteiger partial charge in [-0.2, -0.15) is 4.57 Å². The number of oxazole rings is 1. The Morgan fingerprint density at radius 3 is 2.17 bits per heavy atom. The molecule has 1 aromatic heterocycles. The molecule has 1 aliphatic heterocycles. The third-order valence-electron chi connectivity index (χ3n) is 8.50. The molecule has 1 aliphatic rings. The summed E-state index contributed by atoms with van der Waals surface area (Å²) in [6, 6.07) is 23.8. The van der Waals surface area contributed by atoms with E-state index in [1.807, 2.05) is 101 Å². The molecule has 48 heavy (non-hydrogen) atoms. The van der Waals surface area contributed by atoms with Crippen LogP contribution in [0.5, 0.6) is 5.75 Å². The van der Waals surface area contributed by atoms with E-state index in [4.69, 9.17) is 9.15 Å². The van der Waals surface area contributed by atoms with Crippen LogP contribution in [0, 0.1) is 0 Å². The number of hydrogen-bond donors (Lipinski definition) is 0. The fraction of sp³-hybridized carbons (Fsp3) is 0.286. The number of nitrogens with zero attached hydrogens (tertiary/aromatic N) is 2. The summed E-state index contributed by atoms with van der Waals surface area (Å²) in [5.41, 5.74) is 3.14. The van der Waals surface area contributed by atoms with E-state index in [-0.39, 0.29) is 48.9 Å². The number of rotatable bonds is 12. The molecule has 10 nitrogen and oxygen atoms in total. The van der Waals surface area contributed by atoms with E-state index in [1.54, 1.807) is 0 Å². The predicted octanol–water partition coefficient (Wildman–Crippen LogP) is 3.21. The molecule has 6 rings (SSSR count). The molecule has 1 atom stereocenters. The Kier molecular flexibility index (Phi) is 11.1. The Morgan fingerprint density at radius 1 is 0.917 bits per heavy atom. The number of ether oxygens (including phenoxy) is 1. The molecule has 0 aliphatic carbocycles. The Bertz CT molecular complexity index is 2260. The minimum atomic E-state index is -4.46. The van der Waals surface area contributed by atoms with Crippen LogP contribution in [-0.2, 0) is 26.8 Å². The van der Waals surface area contributed by atoms with E-state index in [2.05, 4.69) is 0 Å². The maximum Gasteiger partial charge on any atom is 1.00 e. The van der Waals surface area contributed by atoms with Crippen LogP contribution in [0.1, 0.15) is 45.4 Å². The predicted molar refractivity (Wildman–Crippen MR) is 180 cm³/mol. The van der Waals surface area contributed by atoms with Crippen molar-refractivity contribution >= 4 is 64.6 Å². The van der Waals surface area contributed by atoms with Gasteiger partial charge in [0.25, 0.3) is 5.52 Å². The van der Waals surface area contributed by atoms with Crippen LogP contribution in [0.25, 0.3) is 38.7 Å². The first kappa shape index (κ1) is 36.1. The van der Waals surface area contributed by atoms with Crippen molar-refractivity contribution in [1.29, 1.82) is 0 Å². The molecule has 5 aromatic rings. The topological polar surface area (TPSA) is 144 Å². The van der Waals surface area contributed by atoms with Crippen LogP contribution >= 0.6 is 0 Å². The maximum atomic E-state index is 11.7. The molecule has 0 saturated heterocycles. The molecule has 0 spiro atoms. The molecule has 2 heterocycles. The van der Waals surface area contributed by atoms with Crippen molar-refractivity contribution in [2.75, 3.05) is 17.2 Å². The van der Waals surface area contributed by atoms with E-state index in [0.717, 1.165) is 38.3 Å². The van der Waals surface area contributed by atoms with E-state index < -0.39 is 31.2 Å². The third-order valence-corrected chi connectivity index (χ3v) is 10.5. The SMILES string of the molecule is CCC(=Cc1oc2cc3ccccc3cc2[n+]1CCCCS(=O)(=O)[O-])C=C1Oc2cc3ccccc3cc2N1CCC(C)S(=O)(=O)[O-].[Na+]. The van der Waals surface area contributed by atoms with Gasteiger partial charge in [-0.1, -0.05) is 55.5 Å². The van der Waals surface area contributed by atoms with Crippen LogP contribution in [0.4, 0.5) is 5.69 Å². The first-order chi connectivity index (χ1) is 22.4. The Balaban J connectivity index is 0.00000451. The van der Waals surface area contributed by atoms with Crippen molar-refractivity contribution in [1.82, 2.24) is 0 Å². The number of benzene rings is 4. The average molecular weight is 699 g/mol. The van der Waals surface area contributed by atoms with Gasteiger partial charge >= 0.3 is 35.4 Å². The van der Waals surface area contributed by atoms with Crippen molar-refractivity contribution < 1.29 is 69.2 Å². The van der Waals surface area contributed by atoms with Crippen LogP contribution in [-0.4, -0.2) is 43.5 Å². The van der Waals surface area contributed by atoms with Crippen molar-refractivity contribution in [2.45, 2.75) is 51.3 Å².